The van der Waals surface area contributed by atoms with Gasteiger partial charge < -0.3 is 15.4 Å². The maximum absolute atomic E-state index is 12.5. The van der Waals surface area contributed by atoms with E-state index in [1.54, 1.807) is 32.9 Å². The van der Waals surface area contributed by atoms with Crippen molar-refractivity contribution in [3.8, 4) is 6.07 Å². The van der Waals surface area contributed by atoms with E-state index in [1.165, 1.54) is 0 Å². The molecule has 0 unspecified atom stereocenters. The van der Waals surface area contributed by atoms with Gasteiger partial charge in [-0.3, -0.25) is 9.59 Å². The first-order valence-electron chi connectivity index (χ1n) is 9.27. The Bertz CT molecular complexity index is 767. The number of esters is 1. The Kier molecular flexibility index (Phi) is 8.17. The number of amides is 2. The van der Waals surface area contributed by atoms with E-state index in [9.17, 15) is 19.6 Å². The largest absolute Gasteiger partial charge is 0.454 e. The third-order valence-electron chi connectivity index (χ3n) is 4.73. The number of hydrogen-bond acceptors (Lipinski definition) is 5. The van der Waals surface area contributed by atoms with Crippen LogP contribution < -0.4 is 10.6 Å². The van der Waals surface area contributed by atoms with Crippen molar-refractivity contribution in [3.05, 3.63) is 35.4 Å². The van der Waals surface area contributed by atoms with Crippen LogP contribution in [-0.2, 0) is 14.3 Å². The number of carbonyl (C=O) groups excluding carboxylic acids is 3. The van der Waals surface area contributed by atoms with E-state index < -0.39 is 30.1 Å². The molecule has 0 spiro atoms. The summed E-state index contributed by atoms with van der Waals surface area (Å²) in [5, 5.41) is 14.5. The van der Waals surface area contributed by atoms with Crippen molar-refractivity contribution >= 4 is 17.8 Å². The van der Waals surface area contributed by atoms with Crippen LogP contribution in [0.4, 0.5) is 0 Å². The first-order chi connectivity index (χ1) is 13.0. The van der Waals surface area contributed by atoms with Crippen LogP contribution in [-0.4, -0.2) is 36.0 Å². The molecule has 2 N–H and O–H groups in total. The molecule has 152 valence electrons. The predicted molar refractivity (Wildman–Crippen MR) is 105 cm³/mol. The zero-order valence-electron chi connectivity index (χ0n) is 17.3. The van der Waals surface area contributed by atoms with Gasteiger partial charge in [-0.2, -0.15) is 5.26 Å². The number of nitriles is 1. The fraction of sp³-hybridized carbons (Fsp3) is 0.524. The molecular weight excluding hydrogens is 358 g/mol. The summed E-state index contributed by atoms with van der Waals surface area (Å²) in [4.78, 5) is 37.0. The third kappa shape index (κ3) is 6.08. The summed E-state index contributed by atoms with van der Waals surface area (Å²) in [6.07, 6.45) is 0. The molecule has 1 aromatic rings. The van der Waals surface area contributed by atoms with E-state index in [1.807, 2.05) is 32.9 Å². The highest BCUT2D eigenvalue weighted by Crippen LogP contribution is 2.15. The first kappa shape index (κ1) is 23.2. The minimum Gasteiger partial charge on any atom is -0.454 e. The van der Waals surface area contributed by atoms with Gasteiger partial charge in [0.1, 0.15) is 11.6 Å². The second kappa shape index (κ2) is 9.88. The Morgan fingerprint density at radius 3 is 2.29 bits per heavy atom. The molecule has 0 heterocycles. The van der Waals surface area contributed by atoms with Crippen LogP contribution >= 0.6 is 0 Å². The lowest BCUT2D eigenvalue weighted by molar-refractivity contribution is -0.151. The van der Waals surface area contributed by atoms with Crippen LogP contribution in [0.3, 0.4) is 0 Å². The highest BCUT2D eigenvalue weighted by molar-refractivity contribution is 5.98. The monoisotopic (exact) mass is 387 g/mol. The molecule has 0 bridgehead atoms. The summed E-state index contributed by atoms with van der Waals surface area (Å²) in [5.41, 5.74) is 0.208. The lowest BCUT2D eigenvalue weighted by Gasteiger charge is -2.27. The van der Waals surface area contributed by atoms with Gasteiger partial charge in [0.2, 0.25) is 0 Å². The Hall–Kier alpha value is -2.88. The Morgan fingerprint density at radius 1 is 1.18 bits per heavy atom. The molecular formula is C21H29N3O4. The van der Waals surface area contributed by atoms with Crippen molar-refractivity contribution in [3.63, 3.8) is 0 Å². The summed E-state index contributed by atoms with van der Waals surface area (Å²) in [6, 6.07) is 8.22. The number of nitrogens with one attached hydrogen (secondary N) is 2. The van der Waals surface area contributed by atoms with E-state index >= 15 is 0 Å². The van der Waals surface area contributed by atoms with Crippen LogP contribution in [0.5, 0.6) is 0 Å². The van der Waals surface area contributed by atoms with E-state index in [0.717, 1.165) is 5.56 Å². The van der Waals surface area contributed by atoms with Gasteiger partial charge >= 0.3 is 5.97 Å². The minimum atomic E-state index is -1.06. The predicted octanol–water partition coefficient (Wildman–Crippen LogP) is 2.35. The molecule has 0 radical (unpaired) electrons. The molecule has 28 heavy (non-hydrogen) atoms. The van der Waals surface area contributed by atoms with E-state index in [4.69, 9.17) is 4.74 Å². The molecule has 0 saturated carbocycles. The summed E-state index contributed by atoms with van der Waals surface area (Å²) < 4.78 is 5.09. The quantitative estimate of drug-likeness (QED) is 0.666. The van der Waals surface area contributed by atoms with Crippen molar-refractivity contribution in [1.29, 1.82) is 5.26 Å². The molecule has 0 aromatic heterocycles. The van der Waals surface area contributed by atoms with Crippen molar-refractivity contribution in [2.24, 2.45) is 11.8 Å². The zero-order chi connectivity index (χ0) is 21.5. The molecule has 0 saturated heterocycles. The SMILES string of the molecule is Cc1ccccc1C(=O)N[C@H](C(=O)OCC(=O)N[C@@](C)(C#N)C(C)C)C(C)C. The number of aryl methyl sites for hydroxylation is 1. The maximum atomic E-state index is 12.5. The normalized spacial score (nSPS) is 14.0. The van der Waals surface area contributed by atoms with Crippen molar-refractivity contribution in [2.45, 2.75) is 53.1 Å². The van der Waals surface area contributed by atoms with E-state index in [2.05, 4.69) is 16.7 Å². The van der Waals surface area contributed by atoms with Crippen LogP contribution in [0.1, 0.15) is 50.5 Å². The summed E-state index contributed by atoms with van der Waals surface area (Å²) in [5.74, 6) is -2.00. The van der Waals surface area contributed by atoms with E-state index in [0.29, 0.717) is 5.56 Å². The standard InChI is InChI=1S/C21H29N3O4/c1-13(2)18(23-19(26)16-10-8-7-9-15(16)5)20(27)28-11-17(25)24-21(6,12-22)14(3)4/h7-10,13-14,18H,11H2,1-6H3,(H,23,26)(H,24,25)/t18-,21-/m0/s1. The van der Waals surface area contributed by atoms with Gasteiger partial charge in [-0.25, -0.2) is 4.79 Å². The van der Waals surface area contributed by atoms with Crippen LogP contribution in [0.15, 0.2) is 24.3 Å². The molecule has 2 atom stereocenters. The second-order valence-electron chi connectivity index (χ2n) is 7.63. The van der Waals surface area contributed by atoms with Gasteiger partial charge in [0, 0.05) is 5.56 Å². The molecule has 7 nitrogen and oxygen atoms in total. The van der Waals surface area contributed by atoms with Crippen LogP contribution in [0.25, 0.3) is 0 Å². The first-order valence-corrected chi connectivity index (χ1v) is 9.27. The highest BCUT2D eigenvalue weighted by atomic mass is 16.5. The number of carbonyl (C=O) groups is 3. The molecule has 7 heteroatoms. The molecule has 1 rings (SSSR count). The van der Waals surface area contributed by atoms with Crippen LogP contribution in [0, 0.1) is 30.1 Å². The Balaban J connectivity index is 2.73. The molecule has 0 fully saturated rings. The van der Waals surface area contributed by atoms with Gasteiger partial charge in [0.05, 0.1) is 6.07 Å². The fourth-order valence-corrected chi connectivity index (χ4v) is 2.40. The number of rotatable bonds is 8. The van der Waals surface area contributed by atoms with Gasteiger partial charge in [0.15, 0.2) is 6.61 Å². The number of hydrogen-bond donors (Lipinski definition) is 2. The number of benzene rings is 1. The van der Waals surface area contributed by atoms with Crippen LogP contribution in [0.2, 0.25) is 0 Å². The van der Waals surface area contributed by atoms with Crippen molar-refractivity contribution < 1.29 is 19.1 Å². The van der Waals surface area contributed by atoms with Gasteiger partial charge in [-0.1, -0.05) is 45.9 Å². The average molecular weight is 387 g/mol. The lowest BCUT2D eigenvalue weighted by Crippen LogP contribution is -2.51. The molecule has 1 aromatic carbocycles. The molecule has 2 amide bonds. The smallest absolute Gasteiger partial charge is 0.329 e. The summed E-state index contributed by atoms with van der Waals surface area (Å²) >= 11 is 0. The summed E-state index contributed by atoms with van der Waals surface area (Å²) in [6.45, 7) is 10.1. The molecule has 0 aliphatic heterocycles. The van der Waals surface area contributed by atoms with Crippen molar-refractivity contribution in [2.75, 3.05) is 6.61 Å². The Morgan fingerprint density at radius 2 is 1.79 bits per heavy atom. The summed E-state index contributed by atoms with van der Waals surface area (Å²) in [7, 11) is 0. The highest BCUT2D eigenvalue weighted by Gasteiger charge is 2.31. The topological polar surface area (TPSA) is 108 Å². The number of nitrogens with zero attached hydrogens (tertiary/aromatic N) is 1. The average Bonchev–Trinajstić information content (AvgIpc) is 2.63. The van der Waals surface area contributed by atoms with E-state index in [-0.39, 0.29) is 17.7 Å². The molecule has 0 aliphatic rings. The van der Waals surface area contributed by atoms with Gasteiger partial charge in [0.25, 0.3) is 11.8 Å². The zero-order valence-corrected chi connectivity index (χ0v) is 17.3. The molecule has 0 aliphatic carbocycles. The number of ether oxygens (including phenoxy) is 1. The van der Waals surface area contributed by atoms with Gasteiger partial charge in [-0.05, 0) is 37.3 Å². The second-order valence-corrected chi connectivity index (χ2v) is 7.63. The Labute approximate surface area is 166 Å². The minimum absolute atomic E-state index is 0.117. The fourth-order valence-electron chi connectivity index (χ4n) is 2.40. The van der Waals surface area contributed by atoms with Crippen molar-refractivity contribution in [1.82, 2.24) is 10.6 Å². The maximum Gasteiger partial charge on any atom is 0.329 e. The lowest BCUT2D eigenvalue weighted by atomic mass is 9.90. The van der Waals surface area contributed by atoms with Gasteiger partial charge in [-0.15, -0.1) is 0 Å². The third-order valence-corrected chi connectivity index (χ3v) is 4.73.